The lowest BCUT2D eigenvalue weighted by Gasteiger charge is -2.24. The van der Waals surface area contributed by atoms with Gasteiger partial charge in [-0.05, 0) is 31.3 Å². The smallest absolute Gasteiger partial charge is 0.229 e. The SMILES string of the molecule is O=S1(=O)CC[C@H](n2cc(C3=CCN(Cc4noc(C5CC5)n4)CC3)cn2)C1. The maximum Gasteiger partial charge on any atom is 0.229 e. The van der Waals surface area contributed by atoms with Crippen molar-refractivity contribution in [1.29, 1.82) is 0 Å². The van der Waals surface area contributed by atoms with E-state index in [9.17, 15) is 8.42 Å². The molecule has 0 bridgehead atoms. The van der Waals surface area contributed by atoms with Gasteiger partial charge >= 0.3 is 0 Å². The summed E-state index contributed by atoms with van der Waals surface area (Å²) in [6, 6.07) is -0.0247. The van der Waals surface area contributed by atoms with Crippen LogP contribution in [0.3, 0.4) is 0 Å². The fourth-order valence-electron chi connectivity index (χ4n) is 3.83. The monoisotopic (exact) mass is 389 g/mol. The van der Waals surface area contributed by atoms with Crippen LogP contribution in [0.2, 0.25) is 0 Å². The number of nitrogens with zero attached hydrogens (tertiary/aromatic N) is 5. The molecule has 8 nitrogen and oxygen atoms in total. The Morgan fingerprint density at radius 2 is 2.15 bits per heavy atom. The van der Waals surface area contributed by atoms with Crippen molar-refractivity contribution in [2.75, 3.05) is 24.6 Å². The average molecular weight is 389 g/mol. The number of hydrogen-bond donors (Lipinski definition) is 0. The van der Waals surface area contributed by atoms with Crippen LogP contribution in [-0.4, -0.2) is 57.8 Å². The predicted molar refractivity (Wildman–Crippen MR) is 98.7 cm³/mol. The average Bonchev–Trinajstić information content (AvgIpc) is 3.05. The largest absolute Gasteiger partial charge is 0.339 e. The Morgan fingerprint density at radius 3 is 2.85 bits per heavy atom. The molecule has 2 aromatic rings. The van der Waals surface area contributed by atoms with E-state index in [4.69, 9.17) is 4.52 Å². The van der Waals surface area contributed by atoms with Crippen molar-refractivity contribution in [2.24, 2.45) is 0 Å². The zero-order valence-electron chi connectivity index (χ0n) is 15.1. The fraction of sp³-hybridized carbons (Fsp3) is 0.611. The molecule has 0 N–H and O–H groups in total. The van der Waals surface area contributed by atoms with Gasteiger partial charge in [0.2, 0.25) is 5.89 Å². The molecule has 4 heterocycles. The second-order valence-electron chi connectivity index (χ2n) is 7.80. The molecule has 2 fully saturated rings. The summed E-state index contributed by atoms with van der Waals surface area (Å²) in [5.41, 5.74) is 2.36. The molecule has 5 rings (SSSR count). The molecule has 2 aromatic heterocycles. The molecule has 1 saturated heterocycles. The molecule has 0 aromatic carbocycles. The van der Waals surface area contributed by atoms with E-state index in [-0.39, 0.29) is 17.5 Å². The Morgan fingerprint density at radius 1 is 1.26 bits per heavy atom. The van der Waals surface area contributed by atoms with Crippen LogP contribution in [0.1, 0.15) is 54.9 Å². The summed E-state index contributed by atoms with van der Waals surface area (Å²) in [5.74, 6) is 2.52. The van der Waals surface area contributed by atoms with E-state index in [0.29, 0.717) is 18.9 Å². The molecule has 1 atom stereocenters. The first-order valence-corrected chi connectivity index (χ1v) is 11.4. The fourth-order valence-corrected chi connectivity index (χ4v) is 5.54. The van der Waals surface area contributed by atoms with Crippen molar-refractivity contribution in [1.82, 2.24) is 24.8 Å². The molecule has 2 aliphatic heterocycles. The van der Waals surface area contributed by atoms with Gasteiger partial charge in [0.1, 0.15) is 0 Å². The number of rotatable bonds is 5. The highest BCUT2D eigenvalue weighted by Crippen LogP contribution is 2.38. The van der Waals surface area contributed by atoms with Gasteiger partial charge < -0.3 is 4.52 Å². The van der Waals surface area contributed by atoms with Gasteiger partial charge in [-0.15, -0.1) is 0 Å². The molecule has 0 radical (unpaired) electrons. The highest BCUT2D eigenvalue weighted by atomic mass is 32.2. The molecule has 9 heteroatoms. The minimum absolute atomic E-state index is 0.0247. The number of hydrogen-bond acceptors (Lipinski definition) is 7. The first-order chi connectivity index (χ1) is 13.1. The molecular weight excluding hydrogens is 366 g/mol. The standard InChI is InChI=1S/C18H23N5O3S/c24-27(25)8-5-16(12-27)23-10-15(9-19-23)13-3-6-22(7-4-13)11-17-20-18(26-21-17)14-1-2-14/h3,9-10,14,16H,1-2,4-8,11-12H2/t16-/m0/s1. The van der Waals surface area contributed by atoms with E-state index in [2.05, 4.69) is 26.2 Å². The normalized spacial score (nSPS) is 25.6. The second-order valence-corrected chi connectivity index (χ2v) is 10.0. The van der Waals surface area contributed by atoms with Gasteiger partial charge in [0.25, 0.3) is 0 Å². The summed E-state index contributed by atoms with van der Waals surface area (Å²) in [7, 11) is -2.90. The van der Waals surface area contributed by atoms with Crippen LogP contribution in [0.5, 0.6) is 0 Å². The van der Waals surface area contributed by atoms with Crippen molar-refractivity contribution in [2.45, 2.75) is 44.2 Å². The summed E-state index contributed by atoms with van der Waals surface area (Å²) in [4.78, 5) is 6.80. The highest BCUT2D eigenvalue weighted by Gasteiger charge is 2.31. The molecule has 0 unspecified atom stereocenters. The van der Waals surface area contributed by atoms with Crippen LogP contribution in [0.25, 0.3) is 5.57 Å². The van der Waals surface area contributed by atoms with Crippen molar-refractivity contribution in [3.63, 3.8) is 0 Å². The van der Waals surface area contributed by atoms with Gasteiger partial charge in [0.15, 0.2) is 15.7 Å². The van der Waals surface area contributed by atoms with Gasteiger partial charge in [-0.2, -0.15) is 10.1 Å². The molecule has 3 aliphatic rings. The quantitative estimate of drug-likeness (QED) is 0.769. The molecule has 144 valence electrons. The van der Waals surface area contributed by atoms with Gasteiger partial charge in [0.05, 0.1) is 30.3 Å². The van der Waals surface area contributed by atoms with E-state index >= 15 is 0 Å². The summed E-state index contributed by atoms with van der Waals surface area (Å²) >= 11 is 0. The Balaban J connectivity index is 1.21. The second kappa shape index (κ2) is 6.56. The van der Waals surface area contributed by atoms with Crippen molar-refractivity contribution >= 4 is 15.4 Å². The lowest BCUT2D eigenvalue weighted by atomic mass is 10.0. The maximum absolute atomic E-state index is 11.7. The third-order valence-corrected chi connectivity index (χ3v) is 7.37. The minimum Gasteiger partial charge on any atom is -0.339 e. The Hall–Kier alpha value is -2.00. The third-order valence-electron chi connectivity index (χ3n) is 5.62. The minimum atomic E-state index is -2.90. The summed E-state index contributed by atoms with van der Waals surface area (Å²) in [6.07, 6.45) is 9.99. The van der Waals surface area contributed by atoms with Crippen LogP contribution in [0.15, 0.2) is 23.0 Å². The van der Waals surface area contributed by atoms with Gasteiger partial charge in [-0.3, -0.25) is 9.58 Å². The molecular formula is C18H23N5O3S. The molecule has 0 amide bonds. The summed E-state index contributed by atoms with van der Waals surface area (Å²) < 4.78 is 30.5. The van der Waals surface area contributed by atoms with Gasteiger partial charge in [-0.25, -0.2) is 8.42 Å². The topological polar surface area (TPSA) is 94.1 Å². The van der Waals surface area contributed by atoms with Crippen molar-refractivity contribution in [3.05, 3.63) is 35.7 Å². The van der Waals surface area contributed by atoms with E-state index in [1.807, 2.05) is 17.1 Å². The van der Waals surface area contributed by atoms with E-state index in [1.165, 1.54) is 5.57 Å². The third kappa shape index (κ3) is 3.70. The molecule has 27 heavy (non-hydrogen) atoms. The van der Waals surface area contributed by atoms with E-state index in [0.717, 1.165) is 49.6 Å². The van der Waals surface area contributed by atoms with E-state index in [1.54, 1.807) is 0 Å². The van der Waals surface area contributed by atoms with E-state index < -0.39 is 9.84 Å². The summed E-state index contributed by atoms with van der Waals surface area (Å²) in [6.45, 7) is 2.48. The van der Waals surface area contributed by atoms with Crippen LogP contribution in [-0.2, 0) is 16.4 Å². The Labute approximate surface area is 158 Å². The molecule has 0 spiro atoms. The van der Waals surface area contributed by atoms with Crippen molar-refractivity contribution in [3.8, 4) is 0 Å². The first kappa shape index (κ1) is 17.1. The van der Waals surface area contributed by atoms with Gasteiger partial charge in [0, 0.05) is 30.8 Å². The molecule has 1 saturated carbocycles. The lowest BCUT2D eigenvalue weighted by Crippen LogP contribution is -2.28. The van der Waals surface area contributed by atoms with Crippen LogP contribution >= 0.6 is 0 Å². The predicted octanol–water partition coefficient (Wildman–Crippen LogP) is 1.79. The lowest BCUT2D eigenvalue weighted by molar-refractivity contribution is 0.279. The molecule has 1 aliphatic carbocycles. The van der Waals surface area contributed by atoms with Crippen molar-refractivity contribution < 1.29 is 12.9 Å². The Kier molecular flexibility index (Phi) is 4.16. The van der Waals surface area contributed by atoms with Crippen LogP contribution in [0, 0.1) is 0 Å². The van der Waals surface area contributed by atoms with Crippen LogP contribution < -0.4 is 0 Å². The number of sulfone groups is 1. The maximum atomic E-state index is 11.7. The summed E-state index contributed by atoms with van der Waals surface area (Å²) in [5, 5.41) is 8.51. The van der Waals surface area contributed by atoms with Gasteiger partial charge in [-0.1, -0.05) is 11.2 Å². The zero-order valence-corrected chi connectivity index (χ0v) is 15.9. The number of aromatic nitrogens is 4. The zero-order chi connectivity index (χ0) is 18.4. The first-order valence-electron chi connectivity index (χ1n) is 9.54. The highest BCUT2D eigenvalue weighted by molar-refractivity contribution is 7.91. The van der Waals surface area contributed by atoms with Crippen LogP contribution in [0.4, 0.5) is 0 Å². The Bertz CT molecular complexity index is 973.